The molecule has 4 aromatic rings. The number of rotatable bonds is 6. The molecule has 2 aromatic heterocycles. The summed E-state index contributed by atoms with van der Waals surface area (Å²) in [6.07, 6.45) is 4.09. The lowest BCUT2D eigenvalue weighted by molar-refractivity contribution is 0.255. The highest BCUT2D eigenvalue weighted by Gasteiger charge is 2.24. The highest BCUT2D eigenvalue weighted by atomic mass is 16.5. The maximum absolute atomic E-state index is 6.06. The molecule has 3 heterocycles. The van der Waals surface area contributed by atoms with Crippen LogP contribution in [0.3, 0.4) is 0 Å². The number of benzene rings is 2. The summed E-state index contributed by atoms with van der Waals surface area (Å²) in [7, 11) is 1.70. The zero-order valence-electron chi connectivity index (χ0n) is 16.5. The van der Waals surface area contributed by atoms with Crippen LogP contribution >= 0.6 is 0 Å². The molecule has 0 radical (unpaired) electrons. The molecule has 148 valence electrons. The number of hydrogen-bond donors (Lipinski definition) is 1. The Balaban J connectivity index is 1.45. The molecule has 0 aliphatic carbocycles. The van der Waals surface area contributed by atoms with E-state index in [0.717, 1.165) is 47.7 Å². The zero-order valence-corrected chi connectivity index (χ0v) is 16.5. The third-order valence-electron chi connectivity index (χ3n) is 5.70. The molecule has 5 rings (SSSR count). The van der Waals surface area contributed by atoms with E-state index in [1.165, 1.54) is 18.4 Å². The smallest absolute Gasteiger partial charge is 0.196 e. The van der Waals surface area contributed by atoms with Crippen LogP contribution in [0.4, 0.5) is 5.82 Å². The van der Waals surface area contributed by atoms with Crippen molar-refractivity contribution in [2.24, 2.45) is 0 Å². The van der Waals surface area contributed by atoms with Crippen molar-refractivity contribution in [2.75, 3.05) is 32.1 Å². The lowest BCUT2D eigenvalue weighted by Gasteiger charge is -2.28. The average Bonchev–Trinajstić information content (AvgIpc) is 3.43. The molecular formula is C23H24N4O2. The largest absolute Gasteiger partial charge is 0.497 e. The van der Waals surface area contributed by atoms with Gasteiger partial charge in [-0.25, -0.2) is 9.97 Å². The fourth-order valence-corrected chi connectivity index (χ4v) is 4.18. The minimum Gasteiger partial charge on any atom is -0.497 e. The third-order valence-corrected chi connectivity index (χ3v) is 5.70. The molecule has 1 saturated heterocycles. The van der Waals surface area contributed by atoms with Crippen molar-refractivity contribution < 1.29 is 9.15 Å². The molecule has 0 spiro atoms. The molecule has 0 amide bonds. The Morgan fingerprint density at radius 3 is 2.66 bits per heavy atom. The molecule has 1 N–H and O–H groups in total. The lowest BCUT2D eigenvalue weighted by atomic mass is 10.1. The van der Waals surface area contributed by atoms with E-state index in [1.807, 2.05) is 36.4 Å². The number of nitrogens with one attached hydrogen (secondary N) is 1. The normalized spacial score (nSPS) is 15.8. The van der Waals surface area contributed by atoms with Crippen molar-refractivity contribution in [3.8, 4) is 5.75 Å². The number of hydrogen-bond acceptors (Lipinski definition) is 6. The highest BCUT2D eigenvalue weighted by molar-refractivity contribution is 6.05. The van der Waals surface area contributed by atoms with E-state index in [4.69, 9.17) is 9.15 Å². The number of ether oxygens (including phenoxy) is 1. The van der Waals surface area contributed by atoms with Crippen molar-refractivity contribution in [1.82, 2.24) is 14.9 Å². The Morgan fingerprint density at radius 2 is 1.86 bits per heavy atom. The predicted molar refractivity (Wildman–Crippen MR) is 114 cm³/mol. The number of furan rings is 1. The van der Waals surface area contributed by atoms with Gasteiger partial charge in [0.1, 0.15) is 23.2 Å². The summed E-state index contributed by atoms with van der Waals surface area (Å²) in [6.45, 7) is 2.97. The molecule has 2 aromatic carbocycles. The number of anilines is 1. The average molecular weight is 388 g/mol. The quantitative estimate of drug-likeness (QED) is 0.519. The second-order valence-corrected chi connectivity index (χ2v) is 7.41. The minimum atomic E-state index is 0.262. The van der Waals surface area contributed by atoms with Crippen LogP contribution in [-0.4, -0.2) is 41.6 Å². The first-order valence-electron chi connectivity index (χ1n) is 10.1. The van der Waals surface area contributed by atoms with Crippen LogP contribution in [0.15, 0.2) is 59.3 Å². The Morgan fingerprint density at radius 1 is 1.07 bits per heavy atom. The number of fused-ring (bicyclic) bond motifs is 3. The summed E-state index contributed by atoms with van der Waals surface area (Å²) >= 11 is 0. The molecule has 1 aliphatic heterocycles. The second-order valence-electron chi connectivity index (χ2n) is 7.41. The number of aromatic nitrogens is 2. The summed E-state index contributed by atoms with van der Waals surface area (Å²) in [5, 5.41) is 4.55. The van der Waals surface area contributed by atoms with E-state index >= 15 is 0 Å². The summed E-state index contributed by atoms with van der Waals surface area (Å²) in [5.74, 6) is 1.62. The van der Waals surface area contributed by atoms with E-state index in [0.29, 0.717) is 5.58 Å². The van der Waals surface area contributed by atoms with Crippen molar-refractivity contribution in [3.05, 3.63) is 60.4 Å². The first kappa shape index (κ1) is 17.9. The first-order chi connectivity index (χ1) is 14.3. The number of methoxy groups -OCH3 is 1. The Hall–Kier alpha value is -3.12. The van der Waals surface area contributed by atoms with E-state index in [-0.39, 0.29) is 6.04 Å². The van der Waals surface area contributed by atoms with Crippen LogP contribution < -0.4 is 10.1 Å². The molecule has 29 heavy (non-hydrogen) atoms. The fourth-order valence-electron chi connectivity index (χ4n) is 4.18. The van der Waals surface area contributed by atoms with Gasteiger partial charge >= 0.3 is 0 Å². The van der Waals surface area contributed by atoms with Gasteiger partial charge in [0.2, 0.25) is 0 Å². The number of likely N-dealkylation sites (tertiary alicyclic amines) is 1. The molecule has 1 unspecified atom stereocenters. The molecular weight excluding hydrogens is 364 g/mol. The van der Waals surface area contributed by atoms with Gasteiger partial charge in [-0.15, -0.1) is 0 Å². The number of nitrogens with zero attached hydrogens (tertiary/aromatic N) is 3. The molecule has 6 heteroatoms. The van der Waals surface area contributed by atoms with Crippen LogP contribution in [0.1, 0.15) is 24.4 Å². The zero-order chi connectivity index (χ0) is 19.6. The molecule has 1 atom stereocenters. The minimum absolute atomic E-state index is 0.262. The predicted octanol–water partition coefficient (Wildman–Crippen LogP) is 4.63. The molecule has 0 saturated carbocycles. The van der Waals surface area contributed by atoms with Crippen LogP contribution in [-0.2, 0) is 0 Å². The van der Waals surface area contributed by atoms with Crippen LogP contribution in [0, 0.1) is 0 Å². The van der Waals surface area contributed by atoms with Gasteiger partial charge in [-0.2, -0.15) is 0 Å². The third kappa shape index (κ3) is 3.40. The van der Waals surface area contributed by atoms with Crippen molar-refractivity contribution >= 4 is 27.9 Å². The summed E-state index contributed by atoms with van der Waals surface area (Å²) in [4.78, 5) is 11.4. The maximum atomic E-state index is 6.06. The monoisotopic (exact) mass is 388 g/mol. The summed E-state index contributed by atoms with van der Waals surface area (Å²) in [5.41, 5.74) is 3.66. The number of para-hydroxylation sites is 1. The van der Waals surface area contributed by atoms with Gasteiger partial charge in [-0.1, -0.05) is 24.3 Å². The van der Waals surface area contributed by atoms with Gasteiger partial charge in [0.25, 0.3) is 0 Å². The van der Waals surface area contributed by atoms with Crippen LogP contribution in [0.2, 0.25) is 0 Å². The van der Waals surface area contributed by atoms with Gasteiger partial charge in [0.15, 0.2) is 11.4 Å². The van der Waals surface area contributed by atoms with Gasteiger partial charge in [0, 0.05) is 11.9 Å². The van der Waals surface area contributed by atoms with E-state index in [2.05, 4.69) is 32.3 Å². The lowest BCUT2D eigenvalue weighted by Crippen LogP contribution is -2.31. The van der Waals surface area contributed by atoms with Gasteiger partial charge in [0.05, 0.1) is 13.2 Å². The Labute approximate surface area is 169 Å². The molecule has 1 aliphatic rings. The van der Waals surface area contributed by atoms with Gasteiger partial charge in [-0.05, 0) is 55.8 Å². The van der Waals surface area contributed by atoms with Gasteiger partial charge in [-0.3, -0.25) is 4.90 Å². The molecule has 6 nitrogen and oxygen atoms in total. The standard InChI is InChI=1S/C23H24N4O2/c1-28-17-10-8-16(9-11-17)19(27-12-4-5-13-27)14-24-23-22-21(25-15-26-23)18-6-2-3-7-20(18)29-22/h2-3,6-11,15,19H,4-5,12-14H2,1H3,(H,24,25,26). The summed E-state index contributed by atoms with van der Waals surface area (Å²) < 4.78 is 11.4. The highest BCUT2D eigenvalue weighted by Crippen LogP contribution is 2.32. The second kappa shape index (κ2) is 7.72. The Kier molecular flexibility index (Phi) is 4.77. The van der Waals surface area contributed by atoms with E-state index in [1.54, 1.807) is 13.4 Å². The van der Waals surface area contributed by atoms with Crippen LogP contribution in [0.25, 0.3) is 22.1 Å². The fraction of sp³-hybridized carbons (Fsp3) is 0.304. The van der Waals surface area contributed by atoms with E-state index < -0.39 is 0 Å². The van der Waals surface area contributed by atoms with Crippen molar-refractivity contribution in [2.45, 2.75) is 18.9 Å². The van der Waals surface area contributed by atoms with E-state index in [9.17, 15) is 0 Å². The SMILES string of the molecule is COc1ccc(C(CNc2ncnc3c2oc2ccccc23)N2CCCC2)cc1. The topological polar surface area (TPSA) is 63.4 Å². The van der Waals surface area contributed by atoms with Gasteiger partial charge < -0.3 is 14.5 Å². The summed E-state index contributed by atoms with van der Waals surface area (Å²) in [6, 6.07) is 16.6. The molecule has 1 fully saturated rings. The van der Waals surface area contributed by atoms with Crippen molar-refractivity contribution in [1.29, 1.82) is 0 Å². The first-order valence-corrected chi connectivity index (χ1v) is 10.1. The molecule has 0 bridgehead atoms. The maximum Gasteiger partial charge on any atom is 0.196 e. The van der Waals surface area contributed by atoms with Crippen molar-refractivity contribution in [3.63, 3.8) is 0 Å². The Bertz CT molecular complexity index is 1120. The van der Waals surface area contributed by atoms with Crippen LogP contribution in [0.5, 0.6) is 5.75 Å².